The normalized spacial score (nSPS) is 11.0. The van der Waals surface area contributed by atoms with Crippen molar-refractivity contribution in [3.05, 3.63) is 64.7 Å². The molecule has 2 aromatic rings. The van der Waals surface area contributed by atoms with Gasteiger partial charge >= 0.3 is 5.97 Å². The number of hydrogen-bond acceptors (Lipinski definition) is 3. The quantitative estimate of drug-likeness (QED) is 0.830. The summed E-state index contributed by atoms with van der Waals surface area (Å²) in [6, 6.07) is 14.5. The summed E-state index contributed by atoms with van der Waals surface area (Å²) in [5, 5.41) is 3.22. The van der Waals surface area contributed by atoms with Gasteiger partial charge in [-0.05, 0) is 44.0 Å². The van der Waals surface area contributed by atoms with E-state index in [-0.39, 0.29) is 6.61 Å². The summed E-state index contributed by atoms with van der Waals surface area (Å²) in [6.07, 6.45) is 0. The van der Waals surface area contributed by atoms with E-state index in [0.717, 1.165) is 11.1 Å². The van der Waals surface area contributed by atoms with E-state index in [9.17, 15) is 9.59 Å². The molecular formula is C19H20ClNO3. The van der Waals surface area contributed by atoms with E-state index >= 15 is 0 Å². The van der Waals surface area contributed by atoms with E-state index in [0.29, 0.717) is 10.7 Å². The van der Waals surface area contributed by atoms with Gasteiger partial charge in [0.15, 0.2) is 6.61 Å². The van der Waals surface area contributed by atoms with Crippen molar-refractivity contribution in [1.29, 1.82) is 0 Å². The first-order valence-corrected chi connectivity index (χ1v) is 7.97. The SMILES string of the molecule is Cc1ccc(NC(=O)COC(=O)C(C)(C)c2ccccc2)cc1Cl. The minimum absolute atomic E-state index is 0.347. The molecule has 0 radical (unpaired) electrons. The highest BCUT2D eigenvalue weighted by Gasteiger charge is 2.31. The molecular weight excluding hydrogens is 326 g/mol. The largest absolute Gasteiger partial charge is 0.455 e. The smallest absolute Gasteiger partial charge is 0.316 e. The topological polar surface area (TPSA) is 55.4 Å². The summed E-state index contributed by atoms with van der Waals surface area (Å²) in [5.74, 6) is -0.863. The van der Waals surface area contributed by atoms with Crippen molar-refractivity contribution < 1.29 is 14.3 Å². The van der Waals surface area contributed by atoms with Gasteiger partial charge in [0, 0.05) is 10.7 Å². The zero-order valence-electron chi connectivity index (χ0n) is 13.9. The lowest BCUT2D eigenvalue weighted by Gasteiger charge is -2.22. The van der Waals surface area contributed by atoms with Gasteiger partial charge in [0.05, 0.1) is 5.41 Å². The predicted molar refractivity (Wildman–Crippen MR) is 95.2 cm³/mol. The van der Waals surface area contributed by atoms with Crippen molar-refractivity contribution in [2.45, 2.75) is 26.2 Å². The molecule has 0 unspecified atom stereocenters. The number of carbonyl (C=O) groups is 2. The van der Waals surface area contributed by atoms with E-state index in [1.165, 1.54) is 0 Å². The maximum Gasteiger partial charge on any atom is 0.316 e. The van der Waals surface area contributed by atoms with Crippen molar-refractivity contribution in [2.24, 2.45) is 0 Å². The van der Waals surface area contributed by atoms with Gasteiger partial charge in [-0.1, -0.05) is 48.0 Å². The first-order valence-electron chi connectivity index (χ1n) is 7.59. The third-order valence-corrected chi connectivity index (χ3v) is 4.20. The number of carbonyl (C=O) groups excluding carboxylic acids is 2. The van der Waals surface area contributed by atoms with Crippen LogP contribution in [-0.4, -0.2) is 18.5 Å². The minimum atomic E-state index is -0.825. The fourth-order valence-electron chi connectivity index (χ4n) is 2.15. The van der Waals surface area contributed by atoms with Crippen molar-refractivity contribution >= 4 is 29.2 Å². The van der Waals surface area contributed by atoms with Crippen LogP contribution >= 0.6 is 11.6 Å². The Kier molecular flexibility index (Phi) is 5.62. The lowest BCUT2D eigenvalue weighted by Crippen LogP contribution is -2.33. The molecule has 126 valence electrons. The molecule has 4 nitrogen and oxygen atoms in total. The number of anilines is 1. The van der Waals surface area contributed by atoms with Crippen molar-refractivity contribution in [3.63, 3.8) is 0 Å². The van der Waals surface area contributed by atoms with Crippen LogP contribution in [-0.2, 0) is 19.7 Å². The number of halogens is 1. The lowest BCUT2D eigenvalue weighted by atomic mass is 9.85. The van der Waals surface area contributed by atoms with Gasteiger partial charge in [0.1, 0.15) is 0 Å². The van der Waals surface area contributed by atoms with Crippen molar-refractivity contribution in [3.8, 4) is 0 Å². The number of nitrogens with one attached hydrogen (secondary N) is 1. The van der Waals surface area contributed by atoms with Crippen LogP contribution in [0.1, 0.15) is 25.0 Å². The first kappa shape index (κ1) is 18.0. The monoisotopic (exact) mass is 345 g/mol. The molecule has 2 rings (SSSR count). The van der Waals surface area contributed by atoms with Crippen LogP contribution in [0, 0.1) is 6.92 Å². The molecule has 0 saturated heterocycles. The Morgan fingerprint density at radius 2 is 1.79 bits per heavy atom. The van der Waals surface area contributed by atoms with Gasteiger partial charge in [-0.15, -0.1) is 0 Å². The number of ether oxygens (including phenoxy) is 1. The second-order valence-corrected chi connectivity index (χ2v) is 6.49. The van der Waals surface area contributed by atoms with Gasteiger partial charge in [0.25, 0.3) is 5.91 Å². The summed E-state index contributed by atoms with van der Waals surface area (Å²) in [7, 11) is 0. The average molecular weight is 346 g/mol. The number of esters is 1. The molecule has 0 aliphatic rings. The Bertz CT molecular complexity index is 742. The Morgan fingerprint density at radius 3 is 2.42 bits per heavy atom. The Labute approximate surface area is 146 Å². The van der Waals surface area contributed by atoms with Gasteiger partial charge in [0.2, 0.25) is 0 Å². The van der Waals surface area contributed by atoms with Crippen LogP contribution in [0.15, 0.2) is 48.5 Å². The Hall–Kier alpha value is -2.33. The van der Waals surface area contributed by atoms with Crippen molar-refractivity contribution in [2.75, 3.05) is 11.9 Å². The molecule has 0 atom stereocenters. The number of aryl methyl sites for hydroxylation is 1. The van der Waals surface area contributed by atoms with Gasteiger partial charge < -0.3 is 10.1 Å². The molecule has 24 heavy (non-hydrogen) atoms. The summed E-state index contributed by atoms with van der Waals surface area (Å²) >= 11 is 6.02. The molecule has 1 amide bonds. The molecule has 0 aliphatic heterocycles. The second kappa shape index (κ2) is 7.49. The molecule has 5 heteroatoms. The summed E-state index contributed by atoms with van der Waals surface area (Å²) in [6.45, 7) is 5.06. The predicted octanol–water partition coefficient (Wildman–Crippen LogP) is 4.11. The molecule has 0 aliphatic carbocycles. The maximum absolute atomic E-state index is 12.3. The van der Waals surface area contributed by atoms with Crippen LogP contribution in [0.5, 0.6) is 0 Å². The van der Waals surface area contributed by atoms with E-state index < -0.39 is 17.3 Å². The minimum Gasteiger partial charge on any atom is -0.455 e. The number of rotatable bonds is 5. The summed E-state index contributed by atoms with van der Waals surface area (Å²) < 4.78 is 5.17. The van der Waals surface area contributed by atoms with Crippen LogP contribution in [0.4, 0.5) is 5.69 Å². The molecule has 0 spiro atoms. The van der Waals surface area contributed by atoms with Crippen molar-refractivity contribution in [1.82, 2.24) is 0 Å². The van der Waals surface area contributed by atoms with Crippen LogP contribution in [0.3, 0.4) is 0 Å². The highest BCUT2D eigenvalue weighted by Crippen LogP contribution is 2.24. The molecule has 0 aromatic heterocycles. The molecule has 2 aromatic carbocycles. The fourth-order valence-corrected chi connectivity index (χ4v) is 2.33. The molecule has 0 bridgehead atoms. The zero-order chi connectivity index (χ0) is 17.7. The number of hydrogen-bond donors (Lipinski definition) is 1. The summed E-state index contributed by atoms with van der Waals surface area (Å²) in [4.78, 5) is 24.2. The first-order chi connectivity index (χ1) is 11.3. The third kappa shape index (κ3) is 4.36. The Morgan fingerprint density at radius 1 is 1.12 bits per heavy atom. The van der Waals surface area contributed by atoms with Crippen LogP contribution < -0.4 is 5.32 Å². The Balaban J connectivity index is 1.93. The molecule has 0 saturated carbocycles. The van der Waals surface area contributed by atoms with Gasteiger partial charge in [-0.2, -0.15) is 0 Å². The molecule has 1 N–H and O–H groups in total. The molecule has 0 heterocycles. The van der Waals surface area contributed by atoms with Gasteiger partial charge in [-0.3, -0.25) is 9.59 Å². The average Bonchev–Trinajstić information content (AvgIpc) is 2.56. The zero-order valence-corrected chi connectivity index (χ0v) is 14.7. The second-order valence-electron chi connectivity index (χ2n) is 6.08. The third-order valence-electron chi connectivity index (χ3n) is 3.80. The van der Waals surface area contributed by atoms with E-state index in [1.54, 1.807) is 26.0 Å². The van der Waals surface area contributed by atoms with E-state index in [2.05, 4.69) is 5.32 Å². The summed E-state index contributed by atoms with van der Waals surface area (Å²) in [5.41, 5.74) is 1.50. The highest BCUT2D eigenvalue weighted by molar-refractivity contribution is 6.31. The fraction of sp³-hybridized carbons (Fsp3) is 0.263. The highest BCUT2D eigenvalue weighted by atomic mass is 35.5. The van der Waals surface area contributed by atoms with Gasteiger partial charge in [-0.25, -0.2) is 0 Å². The number of benzene rings is 2. The van der Waals surface area contributed by atoms with Crippen LogP contribution in [0.2, 0.25) is 5.02 Å². The lowest BCUT2D eigenvalue weighted by molar-refractivity contribution is -0.152. The van der Waals surface area contributed by atoms with E-state index in [4.69, 9.17) is 16.3 Å². The van der Waals surface area contributed by atoms with Crippen LogP contribution in [0.25, 0.3) is 0 Å². The van der Waals surface area contributed by atoms with E-state index in [1.807, 2.05) is 43.3 Å². The standard InChI is InChI=1S/C19H20ClNO3/c1-13-9-10-15(11-16(13)20)21-17(22)12-24-18(23)19(2,3)14-7-5-4-6-8-14/h4-11H,12H2,1-3H3,(H,21,22). The maximum atomic E-state index is 12.3. The number of amides is 1. The molecule has 0 fully saturated rings.